The number of rotatable bonds is 3. The average Bonchev–Trinajstić information content (AvgIpc) is 2.95. The van der Waals surface area contributed by atoms with Crippen molar-refractivity contribution in [3.8, 4) is 0 Å². The molecule has 6 heteroatoms. The summed E-state index contributed by atoms with van der Waals surface area (Å²) >= 11 is 0. The Labute approximate surface area is 109 Å². The summed E-state index contributed by atoms with van der Waals surface area (Å²) in [6.45, 7) is 3.76. The van der Waals surface area contributed by atoms with E-state index in [0.717, 1.165) is 45.3 Å². The van der Waals surface area contributed by atoms with E-state index in [0.29, 0.717) is 12.6 Å². The van der Waals surface area contributed by atoms with Crippen LogP contribution in [0.3, 0.4) is 0 Å². The van der Waals surface area contributed by atoms with Crippen molar-refractivity contribution in [2.24, 2.45) is 0 Å². The standard InChI is InChI=1S/C12H23N3O2S/c16-18(17,10-3-1-6-13-9-10)14-11-5-8-15-7-2-4-12(11)15/h10-14H,1-9H2. The summed E-state index contributed by atoms with van der Waals surface area (Å²) in [7, 11) is -3.14. The molecule has 18 heavy (non-hydrogen) atoms. The van der Waals surface area contributed by atoms with Crippen molar-refractivity contribution in [2.45, 2.75) is 49.4 Å². The summed E-state index contributed by atoms with van der Waals surface area (Å²) in [6.07, 6.45) is 5.10. The van der Waals surface area contributed by atoms with Crippen molar-refractivity contribution in [3.63, 3.8) is 0 Å². The van der Waals surface area contributed by atoms with Crippen molar-refractivity contribution in [1.29, 1.82) is 0 Å². The Morgan fingerprint density at radius 3 is 2.78 bits per heavy atom. The third-order valence-electron chi connectivity index (χ3n) is 4.61. The molecule has 3 heterocycles. The minimum Gasteiger partial charge on any atom is -0.315 e. The molecule has 0 radical (unpaired) electrons. The first kappa shape index (κ1) is 12.8. The molecule has 3 aliphatic rings. The highest BCUT2D eigenvalue weighted by molar-refractivity contribution is 7.90. The molecule has 0 aliphatic carbocycles. The first-order valence-corrected chi connectivity index (χ1v) is 8.67. The van der Waals surface area contributed by atoms with Gasteiger partial charge < -0.3 is 5.32 Å². The van der Waals surface area contributed by atoms with Gasteiger partial charge in [-0.2, -0.15) is 0 Å². The molecule has 3 unspecified atom stereocenters. The quantitative estimate of drug-likeness (QED) is 0.753. The Hall–Kier alpha value is -0.170. The van der Waals surface area contributed by atoms with Crippen LogP contribution in [0.15, 0.2) is 0 Å². The lowest BCUT2D eigenvalue weighted by Gasteiger charge is -2.27. The van der Waals surface area contributed by atoms with Gasteiger partial charge in [-0.25, -0.2) is 13.1 Å². The summed E-state index contributed by atoms with van der Waals surface area (Å²) in [5, 5.41) is 2.95. The van der Waals surface area contributed by atoms with Gasteiger partial charge in [0.1, 0.15) is 0 Å². The number of nitrogens with one attached hydrogen (secondary N) is 2. The van der Waals surface area contributed by atoms with Gasteiger partial charge in [-0.1, -0.05) is 0 Å². The molecule has 3 rings (SSSR count). The van der Waals surface area contributed by atoms with Gasteiger partial charge in [0, 0.05) is 25.2 Å². The minimum atomic E-state index is -3.14. The van der Waals surface area contributed by atoms with Gasteiger partial charge in [0.25, 0.3) is 0 Å². The van der Waals surface area contributed by atoms with E-state index in [1.54, 1.807) is 0 Å². The van der Waals surface area contributed by atoms with Gasteiger partial charge in [-0.05, 0) is 45.2 Å². The smallest absolute Gasteiger partial charge is 0.216 e. The lowest BCUT2D eigenvalue weighted by atomic mass is 10.1. The highest BCUT2D eigenvalue weighted by Crippen LogP contribution is 2.28. The summed E-state index contributed by atoms with van der Waals surface area (Å²) < 4.78 is 27.7. The maximum Gasteiger partial charge on any atom is 0.216 e. The summed E-state index contributed by atoms with van der Waals surface area (Å²) in [4.78, 5) is 2.44. The molecular formula is C12H23N3O2S. The maximum atomic E-state index is 12.4. The molecule has 0 bridgehead atoms. The SMILES string of the molecule is O=S(=O)(NC1CCN2CCCC12)C1CCCNC1. The van der Waals surface area contributed by atoms with Gasteiger partial charge in [0.05, 0.1) is 5.25 Å². The normalized spacial score (nSPS) is 37.9. The van der Waals surface area contributed by atoms with Crippen LogP contribution in [-0.4, -0.2) is 56.8 Å². The van der Waals surface area contributed by atoms with Gasteiger partial charge in [-0.15, -0.1) is 0 Å². The Kier molecular flexibility index (Phi) is 3.62. The van der Waals surface area contributed by atoms with E-state index < -0.39 is 10.0 Å². The molecule has 2 N–H and O–H groups in total. The Bertz CT molecular complexity index is 392. The van der Waals surface area contributed by atoms with Crippen LogP contribution in [0.25, 0.3) is 0 Å². The van der Waals surface area contributed by atoms with Crippen LogP contribution in [0.2, 0.25) is 0 Å². The highest BCUT2D eigenvalue weighted by Gasteiger charge is 2.40. The van der Waals surface area contributed by atoms with Crippen molar-refractivity contribution >= 4 is 10.0 Å². The molecule has 3 aliphatic heterocycles. The van der Waals surface area contributed by atoms with Crippen LogP contribution >= 0.6 is 0 Å². The van der Waals surface area contributed by atoms with Crippen molar-refractivity contribution in [2.75, 3.05) is 26.2 Å². The predicted molar refractivity (Wildman–Crippen MR) is 70.9 cm³/mol. The number of nitrogens with zero attached hydrogens (tertiary/aromatic N) is 1. The molecule has 0 aromatic rings. The Morgan fingerprint density at radius 1 is 1.11 bits per heavy atom. The van der Waals surface area contributed by atoms with Crippen LogP contribution in [-0.2, 0) is 10.0 Å². The van der Waals surface area contributed by atoms with E-state index in [1.807, 2.05) is 0 Å². The molecule has 0 saturated carbocycles. The van der Waals surface area contributed by atoms with Crippen LogP contribution < -0.4 is 10.0 Å². The van der Waals surface area contributed by atoms with Crippen molar-refractivity contribution in [3.05, 3.63) is 0 Å². The second-order valence-electron chi connectivity index (χ2n) is 5.77. The van der Waals surface area contributed by atoms with Crippen LogP contribution in [0, 0.1) is 0 Å². The lowest BCUT2D eigenvalue weighted by molar-refractivity contribution is 0.308. The second-order valence-corrected chi connectivity index (χ2v) is 7.76. The third kappa shape index (κ3) is 2.43. The Balaban J connectivity index is 1.64. The first-order valence-electron chi connectivity index (χ1n) is 7.13. The van der Waals surface area contributed by atoms with Crippen molar-refractivity contribution < 1.29 is 8.42 Å². The zero-order valence-corrected chi connectivity index (χ0v) is 11.6. The minimum absolute atomic E-state index is 0.152. The van der Waals surface area contributed by atoms with E-state index in [4.69, 9.17) is 0 Å². The number of hydrogen-bond donors (Lipinski definition) is 2. The lowest BCUT2D eigenvalue weighted by Crippen LogP contribution is -2.49. The largest absolute Gasteiger partial charge is 0.315 e. The fraction of sp³-hybridized carbons (Fsp3) is 1.00. The number of hydrogen-bond acceptors (Lipinski definition) is 4. The van der Waals surface area contributed by atoms with Gasteiger partial charge in [0.2, 0.25) is 10.0 Å². The van der Waals surface area contributed by atoms with E-state index in [1.165, 1.54) is 6.42 Å². The zero-order chi connectivity index (χ0) is 12.6. The summed E-state index contributed by atoms with van der Waals surface area (Å²) in [6, 6.07) is 0.607. The molecule has 3 atom stereocenters. The van der Waals surface area contributed by atoms with E-state index in [2.05, 4.69) is 14.9 Å². The fourth-order valence-electron chi connectivity index (χ4n) is 3.61. The molecule has 0 amide bonds. The molecule has 3 saturated heterocycles. The second kappa shape index (κ2) is 5.07. The van der Waals surface area contributed by atoms with E-state index in [-0.39, 0.29) is 11.3 Å². The predicted octanol–water partition coefficient (Wildman–Crippen LogP) is -0.105. The number of piperidine rings is 1. The van der Waals surface area contributed by atoms with Crippen molar-refractivity contribution in [1.82, 2.24) is 14.9 Å². The number of sulfonamides is 1. The molecule has 5 nitrogen and oxygen atoms in total. The van der Waals surface area contributed by atoms with Gasteiger partial charge in [-0.3, -0.25) is 4.90 Å². The monoisotopic (exact) mass is 273 g/mol. The summed E-state index contributed by atoms with van der Waals surface area (Å²) in [5.41, 5.74) is 0. The maximum absolute atomic E-state index is 12.4. The van der Waals surface area contributed by atoms with Crippen LogP contribution in [0.1, 0.15) is 32.1 Å². The van der Waals surface area contributed by atoms with Crippen LogP contribution in [0.4, 0.5) is 0 Å². The molecule has 0 spiro atoms. The fourth-order valence-corrected chi connectivity index (χ4v) is 5.32. The molecule has 3 fully saturated rings. The molecule has 0 aromatic carbocycles. The Morgan fingerprint density at radius 2 is 2.00 bits per heavy atom. The highest BCUT2D eigenvalue weighted by atomic mass is 32.2. The van der Waals surface area contributed by atoms with E-state index >= 15 is 0 Å². The van der Waals surface area contributed by atoms with Crippen LogP contribution in [0.5, 0.6) is 0 Å². The topological polar surface area (TPSA) is 61.4 Å². The molecule has 104 valence electrons. The summed E-state index contributed by atoms with van der Waals surface area (Å²) in [5.74, 6) is 0. The zero-order valence-electron chi connectivity index (χ0n) is 10.8. The van der Waals surface area contributed by atoms with Gasteiger partial charge >= 0.3 is 0 Å². The van der Waals surface area contributed by atoms with Gasteiger partial charge in [0.15, 0.2) is 0 Å². The average molecular weight is 273 g/mol. The first-order chi connectivity index (χ1) is 8.67. The third-order valence-corrected chi connectivity index (χ3v) is 6.52. The molecular weight excluding hydrogens is 250 g/mol. The molecule has 0 aromatic heterocycles. The number of fused-ring (bicyclic) bond motifs is 1. The van der Waals surface area contributed by atoms with E-state index in [9.17, 15) is 8.42 Å².